The van der Waals surface area contributed by atoms with Gasteiger partial charge in [-0.2, -0.15) is 0 Å². The Hall–Kier alpha value is -9.00. The second-order valence-electron chi connectivity index (χ2n) is 17.3. The summed E-state index contributed by atoms with van der Waals surface area (Å²) in [5.74, 6) is 0. The van der Waals surface area contributed by atoms with Gasteiger partial charge in [-0.3, -0.25) is 0 Å². The third-order valence-electron chi connectivity index (χ3n) is 13.7. The number of hydrogen-bond acceptors (Lipinski definition) is 6. The first-order valence-electron chi connectivity index (χ1n) is 22.3. The van der Waals surface area contributed by atoms with E-state index in [1.54, 1.807) is 0 Å². The van der Waals surface area contributed by atoms with Gasteiger partial charge in [0.15, 0.2) is 0 Å². The molecule has 0 saturated heterocycles. The molecule has 0 spiro atoms. The van der Waals surface area contributed by atoms with Crippen LogP contribution in [-0.2, 0) is 0 Å². The minimum absolute atomic E-state index is 0.401. The molecule has 0 aliphatic carbocycles. The van der Waals surface area contributed by atoms with Crippen molar-refractivity contribution in [1.29, 1.82) is 0 Å². The molecule has 0 saturated carbocycles. The van der Waals surface area contributed by atoms with E-state index in [4.69, 9.17) is 17.2 Å². The molecule has 6 heteroatoms. The van der Waals surface area contributed by atoms with Crippen LogP contribution >= 0.6 is 0 Å². The van der Waals surface area contributed by atoms with E-state index in [9.17, 15) is 0 Å². The Morgan fingerprint density at radius 3 is 0.561 bits per heavy atom. The molecule has 0 bridgehead atoms. The van der Waals surface area contributed by atoms with E-state index in [1.807, 2.05) is 0 Å². The van der Waals surface area contributed by atoms with E-state index in [0.717, 1.165) is 33.2 Å². The highest BCUT2D eigenvalue weighted by Crippen LogP contribution is 2.50. The molecule has 0 heterocycles. The average Bonchev–Trinajstić information content (AvgIpc) is 3.38. The number of nitrogens with one attached hydrogen (secondary N) is 3. The summed E-state index contributed by atoms with van der Waals surface area (Å²) in [6.45, 7) is 0. The zero-order chi connectivity index (χ0) is 44.0. The summed E-state index contributed by atoms with van der Waals surface area (Å²) in [6, 6.07) is 70.9. The molecule has 66 heavy (non-hydrogen) atoms. The molecule has 0 aliphatic heterocycles. The summed E-state index contributed by atoms with van der Waals surface area (Å²) in [7, 11) is 0. The number of hydrogen-bond donors (Lipinski definition) is 6. The fraction of sp³-hybridized carbons (Fsp3) is 0. The topological polar surface area (TPSA) is 114 Å². The van der Waals surface area contributed by atoms with Crippen LogP contribution < -0.4 is 33.2 Å². The first-order chi connectivity index (χ1) is 32.5. The lowest BCUT2D eigenvalue weighted by atomic mass is 9.94. The van der Waals surface area contributed by atoms with Gasteiger partial charge in [-0.15, -0.1) is 0 Å². The maximum atomic E-state index is 7.27. The van der Waals surface area contributed by atoms with Crippen molar-refractivity contribution in [2.24, 2.45) is 0 Å². The fourth-order valence-corrected chi connectivity index (χ4v) is 10.6. The Balaban J connectivity index is 0.990. The lowest BCUT2D eigenvalue weighted by Crippen LogP contribution is -2.11. The lowest BCUT2D eigenvalue weighted by molar-refractivity contribution is 1.49. The number of nitrogens with two attached hydrogens (primary N) is 3. The summed E-state index contributed by atoms with van der Waals surface area (Å²) in [6.07, 6.45) is 0. The quantitative estimate of drug-likeness (QED) is 0.0734. The fourth-order valence-electron chi connectivity index (χ4n) is 10.6. The summed E-state index contributed by atoms with van der Waals surface area (Å²) < 4.78 is 0. The maximum absolute atomic E-state index is 7.27. The molecule has 13 aromatic carbocycles. The van der Waals surface area contributed by atoms with Gasteiger partial charge in [0.05, 0.1) is 34.1 Å². The van der Waals surface area contributed by atoms with E-state index in [0.29, 0.717) is 34.1 Å². The lowest BCUT2D eigenvalue weighted by Gasteiger charge is -2.24. The standard InChI is InChI=1S/C60H42N6/c61-55-58(64-34-25-28-49-43-19-4-1-13-37(43)40-16-7-10-22-46(40)52(49)31-34)56(62)60(66-36-27-30-51-45-21-6-3-15-39(45)42-18-9-12-24-48(42)54(51)33-36)57(63)59(55)65-35-26-29-50-44-20-5-2-14-38(44)41-17-8-11-23-47(41)53(50)32-35/h1-33,64-66H,61-63H2. The molecule has 0 radical (unpaired) electrons. The highest BCUT2D eigenvalue weighted by molar-refractivity contribution is 6.28. The number of benzene rings is 13. The molecule has 13 aromatic rings. The minimum Gasteiger partial charge on any atom is -0.395 e. The number of anilines is 9. The number of fused-ring (bicyclic) bond motifs is 18. The van der Waals surface area contributed by atoms with E-state index >= 15 is 0 Å². The van der Waals surface area contributed by atoms with Crippen LogP contribution in [0.4, 0.5) is 51.2 Å². The SMILES string of the molecule is Nc1c(Nc2ccc3c4ccccc4c4ccccc4c3c2)c(N)c(Nc2ccc3c4ccccc4c4ccccc4c3c2)c(N)c1Nc1ccc2c3ccccc3c3ccccc3c2c1. The first kappa shape index (κ1) is 37.5. The van der Waals surface area contributed by atoms with Crippen molar-refractivity contribution in [3.63, 3.8) is 0 Å². The van der Waals surface area contributed by atoms with Crippen molar-refractivity contribution in [1.82, 2.24) is 0 Å². The average molecular weight is 847 g/mol. The highest BCUT2D eigenvalue weighted by atomic mass is 15.0. The molecule has 0 fully saturated rings. The van der Waals surface area contributed by atoms with Crippen LogP contribution in [0.2, 0.25) is 0 Å². The van der Waals surface area contributed by atoms with Crippen LogP contribution in [0.25, 0.3) is 97.0 Å². The van der Waals surface area contributed by atoms with Crippen LogP contribution in [0.15, 0.2) is 200 Å². The van der Waals surface area contributed by atoms with Crippen LogP contribution in [0, 0.1) is 0 Å². The van der Waals surface area contributed by atoms with Gasteiger partial charge in [0.1, 0.15) is 0 Å². The Labute approximate surface area is 379 Å². The van der Waals surface area contributed by atoms with Gasteiger partial charge in [0, 0.05) is 17.1 Å². The second-order valence-corrected chi connectivity index (χ2v) is 17.3. The van der Waals surface area contributed by atoms with Crippen molar-refractivity contribution in [2.45, 2.75) is 0 Å². The van der Waals surface area contributed by atoms with E-state index < -0.39 is 0 Å². The van der Waals surface area contributed by atoms with Crippen LogP contribution in [0.5, 0.6) is 0 Å². The third-order valence-corrected chi connectivity index (χ3v) is 13.7. The Kier molecular flexibility index (Phi) is 8.26. The summed E-state index contributed by atoms with van der Waals surface area (Å²) in [4.78, 5) is 0. The first-order valence-corrected chi connectivity index (χ1v) is 22.3. The molecule has 0 atom stereocenters. The normalized spacial score (nSPS) is 11.8. The van der Waals surface area contributed by atoms with Crippen molar-refractivity contribution in [3.8, 4) is 0 Å². The molecule has 0 aliphatic rings. The molecule has 0 amide bonds. The molecule has 0 aromatic heterocycles. The van der Waals surface area contributed by atoms with Gasteiger partial charge >= 0.3 is 0 Å². The third kappa shape index (κ3) is 5.68. The van der Waals surface area contributed by atoms with Gasteiger partial charge in [-0.25, -0.2) is 0 Å². The van der Waals surface area contributed by atoms with Crippen molar-refractivity contribution in [2.75, 3.05) is 33.2 Å². The molecule has 9 N–H and O–H groups in total. The van der Waals surface area contributed by atoms with Crippen molar-refractivity contribution < 1.29 is 0 Å². The van der Waals surface area contributed by atoms with Crippen LogP contribution in [0.3, 0.4) is 0 Å². The van der Waals surface area contributed by atoms with Gasteiger partial charge in [0.25, 0.3) is 0 Å². The van der Waals surface area contributed by atoms with Gasteiger partial charge in [-0.05, 0) is 133 Å². The molecular weight excluding hydrogens is 805 g/mol. The van der Waals surface area contributed by atoms with E-state index in [1.165, 1.54) is 80.8 Å². The van der Waals surface area contributed by atoms with Crippen LogP contribution in [-0.4, -0.2) is 0 Å². The van der Waals surface area contributed by atoms with Crippen molar-refractivity contribution in [3.05, 3.63) is 200 Å². The van der Waals surface area contributed by atoms with Crippen molar-refractivity contribution >= 4 is 148 Å². The smallest absolute Gasteiger partial charge is 0.0896 e. The summed E-state index contributed by atoms with van der Waals surface area (Å²) in [5, 5.41) is 32.4. The second kappa shape index (κ2) is 14.5. The number of rotatable bonds is 6. The zero-order valence-electron chi connectivity index (χ0n) is 35.8. The van der Waals surface area contributed by atoms with E-state index in [2.05, 4.69) is 216 Å². The van der Waals surface area contributed by atoms with Gasteiger partial charge in [-0.1, -0.05) is 164 Å². The Morgan fingerprint density at radius 2 is 0.364 bits per heavy atom. The summed E-state index contributed by atoms with van der Waals surface area (Å²) in [5.41, 5.74) is 27.2. The molecule has 312 valence electrons. The molecule has 13 rings (SSSR count). The highest BCUT2D eigenvalue weighted by Gasteiger charge is 2.22. The maximum Gasteiger partial charge on any atom is 0.0896 e. The molecular formula is C60H42N6. The predicted octanol–water partition coefficient (Wildman–Crippen LogP) is 16.0. The molecule has 0 unspecified atom stereocenters. The largest absolute Gasteiger partial charge is 0.395 e. The zero-order valence-corrected chi connectivity index (χ0v) is 35.8. The van der Waals surface area contributed by atoms with E-state index in [-0.39, 0.29) is 0 Å². The predicted molar refractivity (Wildman–Crippen MR) is 286 cm³/mol. The summed E-state index contributed by atoms with van der Waals surface area (Å²) >= 11 is 0. The van der Waals surface area contributed by atoms with Gasteiger partial charge in [0.2, 0.25) is 0 Å². The minimum atomic E-state index is 0.401. The Morgan fingerprint density at radius 1 is 0.197 bits per heavy atom. The number of nitrogen functional groups attached to an aromatic ring is 3. The molecule has 6 nitrogen and oxygen atoms in total. The van der Waals surface area contributed by atoms with Crippen LogP contribution in [0.1, 0.15) is 0 Å². The monoisotopic (exact) mass is 846 g/mol. The van der Waals surface area contributed by atoms with Gasteiger partial charge < -0.3 is 33.2 Å². The Bertz CT molecular complexity index is 3640.